The van der Waals surface area contributed by atoms with Crippen molar-refractivity contribution >= 4 is 5.82 Å². The molecule has 1 aromatic carbocycles. The number of piperidine rings is 1. The van der Waals surface area contributed by atoms with Crippen LogP contribution in [0.5, 0.6) is 5.75 Å². The standard InChI is InChI=1S/C22H23F2N7O/c23-15-8-14(20(32)9-18(15)30-6-5-27-29-30)17-10-26-21(11-25-17)31(13-2-3-13)19-7-12-1-4-16(28-12)22(19)24/h5-6,8-13,16,19,22,28,32H,1-4,7H2/t12-,16+,19-,22+/m1/s1. The van der Waals surface area contributed by atoms with Crippen molar-refractivity contribution in [1.82, 2.24) is 30.3 Å². The van der Waals surface area contributed by atoms with Crippen molar-refractivity contribution in [2.45, 2.75) is 62.4 Å². The smallest absolute Gasteiger partial charge is 0.149 e. The van der Waals surface area contributed by atoms with Crippen LogP contribution in [-0.4, -0.2) is 60.4 Å². The van der Waals surface area contributed by atoms with Crippen LogP contribution in [0.25, 0.3) is 16.9 Å². The molecule has 2 bridgehead atoms. The van der Waals surface area contributed by atoms with Crippen molar-refractivity contribution < 1.29 is 13.9 Å². The Balaban J connectivity index is 1.30. The Labute approximate surface area is 183 Å². The van der Waals surface area contributed by atoms with E-state index in [0.717, 1.165) is 32.1 Å². The molecule has 0 unspecified atom stereocenters. The molecule has 3 aromatic rings. The average Bonchev–Trinajstić information content (AvgIpc) is 3.32. The molecule has 4 atom stereocenters. The Kier molecular flexibility index (Phi) is 4.56. The number of halogens is 2. The van der Waals surface area contributed by atoms with E-state index in [-0.39, 0.29) is 35.1 Å². The first kappa shape index (κ1) is 19.5. The number of benzene rings is 1. The van der Waals surface area contributed by atoms with Crippen LogP contribution in [-0.2, 0) is 0 Å². The minimum atomic E-state index is -0.946. The van der Waals surface area contributed by atoms with Crippen molar-refractivity contribution in [2.24, 2.45) is 0 Å². The van der Waals surface area contributed by atoms with Gasteiger partial charge in [-0.05, 0) is 38.2 Å². The third-order valence-electron chi connectivity index (χ3n) is 6.76. The van der Waals surface area contributed by atoms with E-state index in [1.165, 1.54) is 35.4 Å². The van der Waals surface area contributed by atoms with Gasteiger partial charge < -0.3 is 15.3 Å². The number of nitrogens with one attached hydrogen (secondary N) is 1. The number of alkyl halides is 1. The number of hydrogen-bond donors (Lipinski definition) is 2. The van der Waals surface area contributed by atoms with Gasteiger partial charge in [0.2, 0.25) is 0 Å². The van der Waals surface area contributed by atoms with Gasteiger partial charge in [-0.3, -0.25) is 4.98 Å². The van der Waals surface area contributed by atoms with Gasteiger partial charge in [-0.2, -0.15) is 0 Å². The number of fused-ring (bicyclic) bond motifs is 2. The summed E-state index contributed by atoms with van der Waals surface area (Å²) in [5.74, 6) is -0.0830. The van der Waals surface area contributed by atoms with Gasteiger partial charge in [0.1, 0.15) is 29.2 Å². The molecule has 32 heavy (non-hydrogen) atoms. The van der Waals surface area contributed by atoms with Crippen LogP contribution in [0.4, 0.5) is 14.6 Å². The van der Waals surface area contributed by atoms with Gasteiger partial charge >= 0.3 is 0 Å². The van der Waals surface area contributed by atoms with Crippen LogP contribution in [0.2, 0.25) is 0 Å². The molecule has 2 aromatic heterocycles. The zero-order chi connectivity index (χ0) is 21.8. The molecule has 0 radical (unpaired) electrons. The van der Waals surface area contributed by atoms with E-state index >= 15 is 4.39 Å². The minimum absolute atomic E-state index is 0.0859. The molecule has 4 heterocycles. The summed E-state index contributed by atoms with van der Waals surface area (Å²) in [6, 6.07) is 2.82. The van der Waals surface area contributed by atoms with Crippen LogP contribution in [0, 0.1) is 5.82 Å². The van der Waals surface area contributed by atoms with E-state index in [1.807, 2.05) is 0 Å². The maximum Gasteiger partial charge on any atom is 0.149 e. The Morgan fingerprint density at radius 2 is 2.00 bits per heavy atom. The highest BCUT2D eigenvalue weighted by Crippen LogP contribution is 2.40. The molecule has 3 aliphatic rings. The summed E-state index contributed by atoms with van der Waals surface area (Å²) in [4.78, 5) is 11.1. The highest BCUT2D eigenvalue weighted by Gasteiger charge is 2.48. The topological polar surface area (TPSA) is 92.0 Å². The van der Waals surface area contributed by atoms with Gasteiger partial charge in [0.25, 0.3) is 0 Å². The quantitative estimate of drug-likeness (QED) is 0.632. The summed E-state index contributed by atoms with van der Waals surface area (Å²) in [7, 11) is 0. The summed E-state index contributed by atoms with van der Waals surface area (Å²) in [5.41, 5.74) is 0.655. The Hall–Kier alpha value is -3.14. The molecular formula is C22H23F2N7O. The van der Waals surface area contributed by atoms with E-state index < -0.39 is 12.0 Å². The number of rotatable bonds is 5. The summed E-state index contributed by atoms with van der Waals surface area (Å²) < 4.78 is 31.1. The molecular weight excluding hydrogens is 416 g/mol. The van der Waals surface area contributed by atoms with Crippen LogP contribution < -0.4 is 10.2 Å². The third kappa shape index (κ3) is 3.29. The van der Waals surface area contributed by atoms with Crippen LogP contribution in [0.1, 0.15) is 32.1 Å². The fourth-order valence-electron chi connectivity index (χ4n) is 5.09. The van der Waals surface area contributed by atoms with Crippen LogP contribution in [0.15, 0.2) is 36.9 Å². The number of aromatic hydroxyl groups is 1. The largest absolute Gasteiger partial charge is 0.507 e. The SMILES string of the molecule is Oc1cc(-n2ccnn2)c(F)cc1-c1cnc(N(C2CC2)[C@@H]2C[C@H]3CC[C@H](N3)[C@@H]2F)cn1. The van der Waals surface area contributed by atoms with Crippen LogP contribution >= 0.6 is 0 Å². The second-order valence-corrected chi connectivity index (χ2v) is 8.86. The summed E-state index contributed by atoms with van der Waals surface area (Å²) in [6.45, 7) is 0. The van der Waals surface area contributed by atoms with E-state index in [9.17, 15) is 9.50 Å². The Morgan fingerprint density at radius 3 is 2.72 bits per heavy atom. The molecule has 0 amide bonds. The van der Waals surface area contributed by atoms with E-state index in [4.69, 9.17) is 0 Å². The molecule has 166 valence electrons. The van der Waals surface area contributed by atoms with Crippen molar-refractivity contribution in [3.05, 3.63) is 42.7 Å². The first-order chi connectivity index (χ1) is 15.6. The van der Waals surface area contributed by atoms with Crippen molar-refractivity contribution in [1.29, 1.82) is 0 Å². The molecule has 3 fully saturated rings. The number of hydrogen-bond acceptors (Lipinski definition) is 7. The van der Waals surface area contributed by atoms with Gasteiger partial charge in [0.05, 0.1) is 36.5 Å². The number of aromatic nitrogens is 5. The fourth-order valence-corrected chi connectivity index (χ4v) is 5.09. The Morgan fingerprint density at radius 1 is 1.12 bits per heavy atom. The van der Waals surface area contributed by atoms with E-state index in [0.29, 0.717) is 17.6 Å². The molecule has 1 saturated carbocycles. The molecule has 8 nitrogen and oxygen atoms in total. The monoisotopic (exact) mass is 439 g/mol. The molecule has 2 N–H and O–H groups in total. The van der Waals surface area contributed by atoms with E-state index in [2.05, 4.69) is 30.5 Å². The molecule has 0 spiro atoms. The van der Waals surface area contributed by atoms with Crippen molar-refractivity contribution in [3.8, 4) is 22.7 Å². The average molecular weight is 439 g/mol. The highest BCUT2D eigenvalue weighted by molar-refractivity contribution is 5.69. The van der Waals surface area contributed by atoms with Gasteiger partial charge in [-0.1, -0.05) is 5.21 Å². The molecule has 2 saturated heterocycles. The van der Waals surface area contributed by atoms with Gasteiger partial charge in [-0.15, -0.1) is 5.10 Å². The second kappa shape index (κ2) is 7.47. The minimum Gasteiger partial charge on any atom is -0.507 e. The summed E-state index contributed by atoms with van der Waals surface area (Å²) in [6.07, 6.45) is 9.77. The maximum atomic E-state index is 15.2. The third-order valence-corrected chi connectivity index (χ3v) is 6.76. The van der Waals surface area contributed by atoms with Gasteiger partial charge in [-0.25, -0.2) is 18.4 Å². The maximum absolute atomic E-state index is 15.2. The normalized spacial score (nSPS) is 26.9. The Bertz CT molecular complexity index is 1120. The van der Waals surface area contributed by atoms with E-state index in [1.54, 1.807) is 6.20 Å². The lowest BCUT2D eigenvalue weighted by molar-refractivity contribution is 0.171. The highest BCUT2D eigenvalue weighted by atomic mass is 19.1. The lowest BCUT2D eigenvalue weighted by atomic mass is 9.96. The number of anilines is 1. The number of phenolic OH excluding ortho intramolecular Hbond substituents is 1. The number of phenols is 1. The van der Waals surface area contributed by atoms with Crippen molar-refractivity contribution in [3.63, 3.8) is 0 Å². The zero-order valence-corrected chi connectivity index (χ0v) is 17.3. The predicted octanol–water partition coefficient (Wildman–Crippen LogP) is 2.77. The van der Waals surface area contributed by atoms with Crippen molar-refractivity contribution in [2.75, 3.05) is 4.90 Å². The first-order valence-corrected chi connectivity index (χ1v) is 11.0. The molecule has 2 aliphatic heterocycles. The molecule has 1 aliphatic carbocycles. The first-order valence-electron chi connectivity index (χ1n) is 11.0. The predicted molar refractivity (Wildman–Crippen MR) is 113 cm³/mol. The lowest BCUT2D eigenvalue weighted by Gasteiger charge is -2.41. The second-order valence-electron chi connectivity index (χ2n) is 8.86. The summed E-state index contributed by atoms with van der Waals surface area (Å²) in [5, 5.41) is 21.3. The van der Waals surface area contributed by atoms with Gasteiger partial charge in [0, 0.05) is 29.8 Å². The fraction of sp³-hybridized carbons (Fsp3) is 0.455. The number of nitrogens with zero attached hydrogens (tertiary/aromatic N) is 6. The zero-order valence-electron chi connectivity index (χ0n) is 17.3. The summed E-state index contributed by atoms with van der Waals surface area (Å²) >= 11 is 0. The van der Waals surface area contributed by atoms with Crippen LogP contribution in [0.3, 0.4) is 0 Å². The molecule has 6 rings (SSSR count). The van der Waals surface area contributed by atoms with Gasteiger partial charge in [0.15, 0.2) is 0 Å². The molecule has 10 heteroatoms. The lowest BCUT2D eigenvalue weighted by Crippen LogP contribution is -2.57.